The number of benzene rings is 1. The van der Waals surface area contributed by atoms with Crippen molar-refractivity contribution in [1.82, 2.24) is 15.3 Å². The van der Waals surface area contributed by atoms with Gasteiger partial charge in [-0.15, -0.1) is 11.3 Å². The number of carbonyl (C=O) groups excluding carboxylic acids is 1. The first-order valence-electron chi connectivity index (χ1n) is 7.49. The Hall–Kier alpha value is -2.47. The summed E-state index contributed by atoms with van der Waals surface area (Å²) in [6.07, 6.45) is 1.58. The number of amides is 1. The molecule has 6 heteroatoms. The summed E-state index contributed by atoms with van der Waals surface area (Å²) in [5, 5.41) is 7.19. The fourth-order valence-electron chi connectivity index (χ4n) is 2.39. The van der Waals surface area contributed by atoms with Crippen molar-refractivity contribution in [2.45, 2.75) is 20.4 Å². The molecule has 23 heavy (non-hydrogen) atoms. The lowest BCUT2D eigenvalue weighted by Gasteiger charge is -2.08. The smallest absolute Gasteiger partial charge is 0.251 e. The first-order valence-corrected chi connectivity index (χ1v) is 8.31. The second kappa shape index (κ2) is 6.75. The molecule has 2 aromatic heterocycles. The van der Waals surface area contributed by atoms with Crippen LogP contribution in [0.2, 0.25) is 0 Å². The van der Waals surface area contributed by atoms with E-state index in [-0.39, 0.29) is 5.91 Å². The highest BCUT2D eigenvalue weighted by molar-refractivity contribution is 7.18. The van der Waals surface area contributed by atoms with Gasteiger partial charge >= 0.3 is 0 Å². The number of aryl methyl sites for hydroxylation is 1. The number of nitrogens with one attached hydrogen (secondary N) is 2. The molecule has 5 nitrogen and oxygen atoms in total. The van der Waals surface area contributed by atoms with Crippen molar-refractivity contribution in [3.63, 3.8) is 0 Å². The minimum Gasteiger partial charge on any atom is -0.365 e. The molecule has 1 aromatic carbocycles. The third kappa shape index (κ3) is 3.48. The molecule has 0 aliphatic rings. The highest BCUT2D eigenvalue weighted by Gasteiger charge is 2.08. The van der Waals surface area contributed by atoms with E-state index >= 15 is 0 Å². The maximum absolute atomic E-state index is 11.9. The average Bonchev–Trinajstić information content (AvgIpc) is 2.94. The van der Waals surface area contributed by atoms with Gasteiger partial charge in [0.25, 0.3) is 5.91 Å². The lowest BCUT2D eigenvalue weighted by molar-refractivity contribution is 0.0955. The zero-order valence-electron chi connectivity index (χ0n) is 13.1. The summed E-state index contributed by atoms with van der Waals surface area (Å²) in [7, 11) is 0. The molecule has 0 atom stereocenters. The minimum atomic E-state index is -0.0489. The molecule has 3 aromatic rings. The van der Waals surface area contributed by atoms with Crippen LogP contribution in [0.5, 0.6) is 0 Å². The van der Waals surface area contributed by atoms with Gasteiger partial charge in [0, 0.05) is 23.5 Å². The van der Waals surface area contributed by atoms with Crippen molar-refractivity contribution in [2.75, 3.05) is 11.9 Å². The molecule has 118 valence electrons. The van der Waals surface area contributed by atoms with Crippen molar-refractivity contribution in [1.29, 1.82) is 0 Å². The third-order valence-electron chi connectivity index (χ3n) is 3.44. The van der Waals surface area contributed by atoms with Crippen molar-refractivity contribution >= 4 is 33.3 Å². The lowest BCUT2D eigenvalue weighted by atomic mass is 10.1. The Labute approximate surface area is 138 Å². The van der Waals surface area contributed by atoms with E-state index in [9.17, 15) is 4.79 Å². The fourth-order valence-corrected chi connectivity index (χ4v) is 3.24. The summed E-state index contributed by atoms with van der Waals surface area (Å²) in [5.74, 6) is 0.773. The summed E-state index contributed by atoms with van der Waals surface area (Å²) in [6, 6.07) is 9.70. The standard InChI is InChI=1S/C17H18N4OS/c1-3-18-16(22)13-6-4-5-12(8-13)9-19-15-14-7-11(2)23-17(14)21-10-20-15/h4-8,10H,3,9H2,1-2H3,(H,18,22)(H,19,20,21). The SMILES string of the molecule is CCNC(=O)c1cccc(CNc2ncnc3sc(C)cc23)c1. The number of fused-ring (bicyclic) bond motifs is 1. The van der Waals surface area contributed by atoms with Crippen LogP contribution in [0.3, 0.4) is 0 Å². The van der Waals surface area contributed by atoms with Crippen molar-refractivity contribution < 1.29 is 4.79 Å². The van der Waals surface area contributed by atoms with Gasteiger partial charge in [-0.3, -0.25) is 4.79 Å². The number of aromatic nitrogens is 2. The first kappa shape index (κ1) is 15.4. The quantitative estimate of drug-likeness (QED) is 0.754. The van der Waals surface area contributed by atoms with E-state index in [4.69, 9.17) is 0 Å². The van der Waals surface area contributed by atoms with Gasteiger partial charge in [0.2, 0.25) is 0 Å². The van der Waals surface area contributed by atoms with Crippen molar-refractivity contribution in [2.24, 2.45) is 0 Å². The monoisotopic (exact) mass is 326 g/mol. The summed E-state index contributed by atoms with van der Waals surface area (Å²) in [4.78, 5) is 22.7. The molecule has 0 fully saturated rings. The van der Waals surface area contributed by atoms with Crippen LogP contribution in [0.1, 0.15) is 27.7 Å². The second-order valence-electron chi connectivity index (χ2n) is 5.21. The highest BCUT2D eigenvalue weighted by atomic mass is 32.1. The maximum Gasteiger partial charge on any atom is 0.251 e. The topological polar surface area (TPSA) is 66.9 Å². The molecule has 0 radical (unpaired) electrons. The molecule has 0 bridgehead atoms. The van der Waals surface area contributed by atoms with Gasteiger partial charge in [-0.25, -0.2) is 9.97 Å². The largest absolute Gasteiger partial charge is 0.365 e. The molecule has 0 spiro atoms. The highest BCUT2D eigenvalue weighted by Crippen LogP contribution is 2.27. The Balaban J connectivity index is 1.77. The van der Waals surface area contributed by atoms with E-state index in [0.29, 0.717) is 18.7 Å². The molecular formula is C17H18N4OS. The van der Waals surface area contributed by atoms with Crippen LogP contribution in [0.4, 0.5) is 5.82 Å². The minimum absolute atomic E-state index is 0.0489. The van der Waals surface area contributed by atoms with E-state index < -0.39 is 0 Å². The van der Waals surface area contributed by atoms with Gasteiger partial charge in [-0.2, -0.15) is 0 Å². The van der Waals surface area contributed by atoms with Crippen LogP contribution >= 0.6 is 11.3 Å². The number of carbonyl (C=O) groups is 1. The molecule has 2 heterocycles. The molecule has 2 N–H and O–H groups in total. The van der Waals surface area contributed by atoms with Crippen molar-refractivity contribution in [3.05, 3.63) is 52.7 Å². The zero-order valence-corrected chi connectivity index (χ0v) is 13.9. The van der Waals surface area contributed by atoms with Crippen LogP contribution in [0.15, 0.2) is 36.7 Å². The molecule has 0 aliphatic heterocycles. The molecular weight excluding hydrogens is 308 g/mol. The van der Waals surface area contributed by atoms with Gasteiger partial charge in [0.15, 0.2) is 0 Å². The number of nitrogens with zero attached hydrogens (tertiary/aromatic N) is 2. The normalized spacial score (nSPS) is 10.7. The lowest BCUT2D eigenvalue weighted by Crippen LogP contribution is -2.22. The Kier molecular flexibility index (Phi) is 4.52. The Morgan fingerprint density at radius 1 is 1.26 bits per heavy atom. The first-order chi connectivity index (χ1) is 11.2. The summed E-state index contributed by atoms with van der Waals surface area (Å²) < 4.78 is 0. The summed E-state index contributed by atoms with van der Waals surface area (Å²) in [6.45, 7) is 5.20. The van der Waals surface area contributed by atoms with Gasteiger partial charge in [-0.1, -0.05) is 12.1 Å². The van der Waals surface area contributed by atoms with Gasteiger partial charge in [0.05, 0.1) is 5.39 Å². The zero-order chi connectivity index (χ0) is 16.2. The predicted molar refractivity (Wildman–Crippen MR) is 93.9 cm³/mol. The molecule has 1 amide bonds. The molecule has 3 rings (SSSR count). The van der Waals surface area contributed by atoms with Gasteiger partial charge in [0.1, 0.15) is 17.0 Å². The summed E-state index contributed by atoms with van der Waals surface area (Å²) >= 11 is 1.66. The average molecular weight is 326 g/mol. The maximum atomic E-state index is 11.9. The predicted octanol–water partition coefficient (Wildman–Crippen LogP) is 3.36. The van der Waals surface area contributed by atoms with Gasteiger partial charge < -0.3 is 10.6 Å². The number of thiophene rings is 1. The molecule has 0 unspecified atom stereocenters. The van der Waals surface area contributed by atoms with Crippen molar-refractivity contribution in [3.8, 4) is 0 Å². The van der Waals surface area contributed by atoms with Crippen LogP contribution in [0.25, 0.3) is 10.2 Å². The molecule has 0 saturated carbocycles. The molecule has 0 aliphatic carbocycles. The van der Waals surface area contributed by atoms with Crippen LogP contribution < -0.4 is 10.6 Å². The van der Waals surface area contributed by atoms with Crippen LogP contribution in [-0.2, 0) is 6.54 Å². The van der Waals surface area contributed by atoms with E-state index in [1.807, 2.05) is 31.2 Å². The molecule has 0 saturated heterocycles. The summed E-state index contributed by atoms with van der Waals surface area (Å²) in [5.41, 5.74) is 1.71. The van der Waals surface area contributed by atoms with E-state index in [1.165, 1.54) is 4.88 Å². The van der Waals surface area contributed by atoms with E-state index in [0.717, 1.165) is 21.6 Å². The Morgan fingerprint density at radius 2 is 2.13 bits per heavy atom. The second-order valence-corrected chi connectivity index (χ2v) is 6.45. The fraction of sp³-hybridized carbons (Fsp3) is 0.235. The number of hydrogen-bond acceptors (Lipinski definition) is 5. The number of hydrogen-bond donors (Lipinski definition) is 2. The van der Waals surface area contributed by atoms with Gasteiger partial charge in [-0.05, 0) is 37.6 Å². The number of rotatable bonds is 5. The Bertz CT molecular complexity index is 843. The van der Waals surface area contributed by atoms with E-state index in [1.54, 1.807) is 17.7 Å². The van der Waals surface area contributed by atoms with E-state index in [2.05, 4.69) is 33.6 Å². The number of anilines is 1. The van der Waals surface area contributed by atoms with Crippen LogP contribution in [-0.4, -0.2) is 22.4 Å². The van der Waals surface area contributed by atoms with Crippen LogP contribution in [0, 0.1) is 6.92 Å². The Morgan fingerprint density at radius 3 is 2.96 bits per heavy atom. The third-order valence-corrected chi connectivity index (χ3v) is 4.40.